The van der Waals surface area contributed by atoms with E-state index in [0.29, 0.717) is 36.6 Å². The molecule has 23 heavy (non-hydrogen) atoms. The van der Waals surface area contributed by atoms with Crippen molar-refractivity contribution < 1.29 is 9.53 Å². The number of hydrogen-bond acceptors (Lipinski definition) is 3. The molecule has 1 aromatic rings. The Labute approximate surface area is 139 Å². The summed E-state index contributed by atoms with van der Waals surface area (Å²) in [6.07, 6.45) is 3.88. The number of carbonyl (C=O) groups is 1. The van der Waals surface area contributed by atoms with Gasteiger partial charge in [-0.3, -0.25) is 4.79 Å². The summed E-state index contributed by atoms with van der Waals surface area (Å²) in [5.41, 5.74) is 7.27. The molecule has 0 unspecified atom stereocenters. The van der Waals surface area contributed by atoms with Gasteiger partial charge in [0.2, 0.25) is 5.91 Å². The lowest BCUT2D eigenvalue weighted by Crippen LogP contribution is -2.30. The Balaban J connectivity index is 1.55. The van der Waals surface area contributed by atoms with E-state index in [-0.39, 0.29) is 0 Å². The molecule has 0 spiro atoms. The molecule has 3 rings (SSSR count). The summed E-state index contributed by atoms with van der Waals surface area (Å²) in [7, 11) is 0. The van der Waals surface area contributed by atoms with Crippen LogP contribution in [0.15, 0.2) is 30.3 Å². The van der Waals surface area contributed by atoms with Crippen molar-refractivity contribution in [1.29, 1.82) is 0 Å². The van der Waals surface area contributed by atoms with Gasteiger partial charge in [0.05, 0.1) is 0 Å². The molecule has 0 bridgehead atoms. The van der Waals surface area contributed by atoms with Crippen molar-refractivity contribution in [2.75, 3.05) is 32.8 Å². The Morgan fingerprint density at radius 1 is 1.17 bits per heavy atom. The van der Waals surface area contributed by atoms with Gasteiger partial charge in [-0.25, -0.2) is 0 Å². The quantitative estimate of drug-likeness (QED) is 0.907. The molecule has 1 amide bonds. The predicted molar refractivity (Wildman–Crippen MR) is 91.1 cm³/mol. The zero-order valence-electron chi connectivity index (χ0n) is 13.8. The monoisotopic (exact) mass is 316 g/mol. The summed E-state index contributed by atoms with van der Waals surface area (Å²) < 4.78 is 5.39. The first kappa shape index (κ1) is 16.5. The lowest BCUT2D eigenvalue weighted by Gasteiger charge is -2.23. The van der Waals surface area contributed by atoms with Crippen molar-refractivity contribution in [3.05, 3.63) is 35.9 Å². The predicted octanol–water partition coefficient (Wildman–Crippen LogP) is 2.39. The van der Waals surface area contributed by atoms with Crippen LogP contribution in [0.1, 0.15) is 37.2 Å². The van der Waals surface area contributed by atoms with Crippen molar-refractivity contribution in [2.24, 2.45) is 17.6 Å². The largest absolute Gasteiger partial charge is 0.381 e. The number of hydrogen-bond donors (Lipinski definition) is 1. The molecule has 2 heterocycles. The number of amides is 1. The third-order valence-electron chi connectivity index (χ3n) is 5.43. The maximum absolute atomic E-state index is 12.6. The number of benzene rings is 1. The third-order valence-corrected chi connectivity index (χ3v) is 5.43. The van der Waals surface area contributed by atoms with E-state index in [1.165, 1.54) is 5.56 Å². The molecule has 1 aromatic carbocycles. The summed E-state index contributed by atoms with van der Waals surface area (Å²) >= 11 is 0. The summed E-state index contributed by atoms with van der Waals surface area (Å²) in [5, 5.41) is 0. The van der Waals surface area contributed by atoms with Crippen LogP contribution in [0.5, 0.6) is 0 Å². The van der Waals surface area contributed by atoms with Gasteiger partial charge in [-0.05, 0) is 43.2 Å². The minimum atomic E-state index is 0.299. The van der Waals surface area contributed by atoms with E-state index in [0.717, 1.165) is 45.6 Å². The number of carbonyl (C=O) groups excluding carboxylic acids is 1. The second-order valence-corrected chi connectivity index (χ2v) is 6.91. The smallest absolute Gasteiger partial charge is 0.222 e. The molecule has 0 saturated carbocycles. The van der Waals surface area contributed by atoms with Crippen molar-refractivity contribution in [1.82, 2.24) is 4.90 Å². The van der Waals surface area contributed by atoms with Crippen LogP contribution in [0.3, 0.4) is 0 Å². The molecule has 2 saturated heterocycles. The molecule has 2 aliphatic heterocycles. The van der Waals surface area contributed by atoms with Crippen LogP contribution in [-0.4, -0.2) is 43.7 Å². The van der Waals surface area contributed by atoms with Crippen molar-refractivity contribution >= 4 is 5.91 Å². The lowest BCUT2D eigenvalue weighted by molar-refractivity contribution is -0.130. The molecule has 2 N–H and O–H groups in total. The van der Waals surface area contributed by atoms with Gasteiger partial charge in [-0.1, -0.05) is 30.3 Å². The summed E-state index contributed by atoms with van der Waals surface area (Å²) in [6, 6.07) is 10.5. The maximum atomic E-state index is 12.6. The van der Waals surface area contributed by atoms with E-state index in [1.54, 1.807) is 0 Å². The number of nitrogens with zero attached hydrogens (tertiary/aromatic N) is 1. The van der Waals surface area contributed by atoms with Crippen LogP contribution in [0.2, 0.25) is 0 Å². The first-order chi connectivity index (χ1) is 11.3. The zero-order valence-corrected chi connectivity index (χ0v) is 13.8. The van der Waals surface area contributed by atoms with E-state index in [4.69, 9.17) is 10.5 Å². The van der Waals surface area contributed by atoms with Gasteiger partial charge in [-0.2, -0.15) is 0 Å². The van der Waals surface area contributed by atoms with Gasteiger partial charge in [0.25, 0.3) is 0 Å². The van der Waals surface area contributed by atoms with E-state index in [2.05, 4.69) is 24.3 Å². The Kier molecular flexibility index (Phi) is 5.68. The van der Waals surface area contributed by atoms with E-state index < -0.39 is 0 Å². The SMILES string of the molecule is NC[C@@H]1CN(C(=O)CCC2CCOCC2)C[C@H]1c1ccccc1. The van der Waals surface area contributed by atoms with Gasteiger partial charge in [0.1, 0.15) is 0 Å². The molecular weight excluding hydrogens is 288 g/mol. The molecule has 2 atom stereocenters. The molecule has 0 aromatic heterocycles. The molecule has 0 radical (unpaired) electrons. The Hall–Kier alpha value is -1.39. The highest BCUT2D eigenvalue weighted by atomic mass is 16.5. The molecule has 126 valence electrons. The van der Waals surface area contributed by atoms with Crippen molar-refractivity contribution in [3.8, 4) is 0 Å². The van der Waals surface area contributed by atoms with Crippen LogP contribution in [0.25, 0.3) is 0 Å². The zero-order chi connectivity index (χ0) is 16.1. The topological polar surface area (TPSA) is 55.6 Å². The maximum Gasteiger partial charge on any atom is 0.222 e. The van der Waals surface area contributed by atoms with Crippen LogP contribution in [0.4, 0.5) is 0 Å². The standard InChI is InChI=1S/C19H28N2O2/c20-12-17-13-21(14-18(17)16-4-2-1-3-5-16)19(22)7-6-15-8-10-23-11-9-15/h1-5,15,17-18H,6-14,20H2/t17-,18+/m1/s1. The average Bonchev–Trinajstić information content (AvgIpc) is 3.06. The molecule has 4 nitrogen and oxygen atoms in total. The highest BCUT2D eigenvalue weighted by Crippen LogP contribution is 2.32. The molecule has 0 aliphatic carbocycles. The second kappa shape index (κ2) is 7.93. The second-order valence-electron chi connectivity index (χ2n) is 6.91. The fourth-order valence-electron chi connectivity index (χ4n) is 3.91. The van der Waals surface area contributed by atoms with E-state index >= 15 is 0 Å². The van der Waals surface area contributed by atoms with Crippen molar-refractivity contribution in [3.63, 3.8) is 0 Å². The fraction of sp³-hybridized carbons (Fsp3) is 0.632. The number of rotatable bonds is 5. The fourth-order valence-corrected chi connectivity index (χ4v) is 3.91. The van der Waals surface area contributed by atoms with Crippen LogP contribution >= 0.6 is 0 Å². The summed E-state index contributed by atoms with van der Waals surface area (Å²) in [4.78, 5) is 14.6. The van der Waals surface area contributed by atoms with Crippen molar-refractivity contribution in [2.45, 2.75) is 31.6 Å². The van der Waals surface area contributed by atoms with Gasteiger partial charge >= 0.3 is 0 Å². The van der Waals surface area contributed by atoms with E-state index in [9.17, 15) is 4.79 Å². The first-order valence-electron chi connectivity index (χ1n) is 8.88. The highest BCUT2D eigenvalue weighted by Gasteiger charge is 2.35. The van der Waals surface area contributed by atoms with Crippen LogP contribution < -0.4 is 5.73 Å². The number of ether oxygens (including phenoxy) is 1. The minimum absolute atomic E-state index is 0.299. The van der Waals surface area contributed by atoms with Gasteiger partial charge in [-0.15, -0.1) is 0 Å². The molecule has 2 aliphatic rings. The Bertz CT molecular complexity index is 499. The normalized spacial score (nSPS) is 25.7. The summed E-state index contributed by atoms with van der Waals surface area (Å²) in [6.45, 7) is 3.98. The molecule has 4 heteroatoms. The third kappa shape index (κ3) is 4.12. The van der Waals surface area contributed by atoms with Crippen LogP contribution in [-0.2, 0) is 9.53 Å². The number of nitrogens with two attached hydrogens (primary N) is 1. The lowest BCUT2D eigenvalue weighted by atomic mass is 9.89. The molecule has 2 fully saturated rings. The molecular formula is C19H28N2O2. The van der Waals surface area contributed by atoms with Gasteiger partial charge < -0.3 is 15.4 Å². The Morgan fingerprint density at radius 3 is 2.61 bits per heavy atom. The average molecular weight is 316 g/mol. The first-order valence-corrected chi connectivity index (χ1v) is 8.88. The summed E-state index contributed by atoms with van der Waals surface area (Å²) in [5.74, 6) is 1.72. The highest BCUT2D eigenvalue weighted by molar-refractivity contribution is 5.76. The van der Waals surface area contributed by atoms with Gasteiger partial charge in [0, 0.05) is 38.6 Å². The van der Waals surface area contributed by atoms with E-state index in [1.807, 2.05) is 11.0 Å². The number of likely N-dealkylation sites (tertiary alicyclic amines) is 1. The minimum Gasteiger partial charge on any atom is -0.381 e. The Morgan fingerprint density at radius 2 is 1.91 bits per heavy atom. The van der Waals surface area contributed by atoms with Gasteiger partial charge in [0.15, 0.2) is 0 Å². The van der Waals surface area contributed by atoms with Crippen LogP contribution in [0, 0.1) is 11.8 Å².